The number of nitrogens with zero attached hydrogens (tertiary/aromatic N) is 3. The van der Waals surface area contributed by atoms with E-state index in [9.17, 15) is 4.79 Å². The Kier molecular flexibility index (Phi) is 5.87. The lowest BCUT2D eigenvalue weighted by Gasteiger charge is -2.37. The summed E-state index contributed by atoms with van der Waals surface area (Å²) >= 11 is 0. The fraction of sp³-hybridized carbons (Fsp3) is 0.545. The normalized spacial score (nSPS) is 23.9. The summed E-state index contributed by atoms with van der Waals surface area (Å²) in [5.74, 6) is 0.640. The zero-order chi connectivity index (χ0) is 18.5. The maximum absolute atomic E-state index is 12.8. The smallest absolute Gasteiger partial charge is 0.251 e. The van der Waals surface area contributed by atoms with Gasteiger partial charge in [0.1, 0.15) is 0 Å². The number of aromatic nitrogens is 2. The summed E-state index contributed by atoms with van der Waals surface area (Å²) in [6.45, 7) is 3.60. The number of carbonyl (C=O) groups excluding carboxylic acids is 1. The highest BCUT2D eigenvalue weighted by atomic mass is 16.1. The van der Waals surface area contributed by atoms with Crippen LogP contribution in [0.3, 0.4) is 0 Å². The molecule has 27 heavy (non-hydrogen) atoms. The Morgan fingerprint density at radius 3 is 2.56 bits per heavy atom. The van der Waals surface area contributed by atoms with Gasteiger partial charge in [0.25, 0.3) is 5.91 Å². The van der Waals surface area contributed by atoms with Crippen molar-refractivity contribution in [2.24, 2.45) is 5.92 Å². The largest absolute Gasteiger partial charge is 0.349 e. The first kappa shape index (κ1) is 18.2. The Labute approximate surface area is 161 Å². The zero-order valence-corrected chi connectivity index (χ0v) is 16.0. The summed E-state index contributed by atoms with van der Waals surface area (Å²) in [7, 11) is 0. The van der Waals surface area contributed by atoms with Crippen LogP contribution >= 0.6 is 0 Å². The molecule has 5 heteroatoms. The fourth-order valence-corrected chi connectivity index (χ4v) is 4.53. The maximum atomic E-state index is 12.8. The van der Waals surface area contributed by atoms with Gasteiger partial charge in [-0.3, -0.25) is 4.79 Å². The molecule has 2 heterocycles. The minimum atomic E-state index is 0.0533. The third-order valence-corrected chi connectivity index (χ3v) is 6.07. The van der Waals surface area contributed by atoms with Crippen LogP contribution in [0.5, 0.6) is 0 Å². The van der Waals surface area contributed by atoms with Crippen molar-refractivity contribution in [1.29, 1.82) is 0 Å². The summed E-state index contributed by atoms with van der Waals surface area (Å²) in [4.78, 5) is 15.4. The fourth-order valence-electron chi connectivity index (χ4n) is 4.53. The number of piperidine rings is 1. The molecule has 1 saturated heterocycles. The number of amides is 1. The van der Waals surface area contributed by atoms with Crippen molar-refractivity contribution in [3.05, 3.63) is 48.3 Å². The molecule has 0 radical (unpaired) electrons. The zero-order valence-electron chi connectivity index (χ0n) is 16.0. The topological polar surface area (TPSA) is 50.2 Å². The molecule has 2 atom stereocenters. The number of likely N-dealkylation sites (tertiary alicyclic amines) is 1. The Balaban J connectivity index is 1.37. The molecule has 0 spiro atoms. The predicted molar refractivity (Wildman–Crippen MR) is 107 cm³/mol. The van der Waals surface area contributed by atoms with Crippen LogP contribution in [0.4, 0.5) is 0 Å². The van der Waals surface area contributed by atoms with Gasteiger partial charge < -0.3 is 10.2 Å². The van der Waals surface area contributed by atoms with E-state index < -0.39 is 0 Å². The molecular formula is C22H30N4O. The Bertz CT molecular complexity index is 719. The minimum Gasteiger partial charge on any atom is -0.349 e. The Morgan fingerprint density at radius 2 is 1.81 bits per heavy atom. The Morgan fingerprint density at radius 1 is 1.04 bits per heavy atom. The number of nitrogens with one attached hydrogen (secondary N) is 1. The van der Waals surface area contributed by atoms with Gasteiger partial charge in [0.15, 0.2) is 0 Å². The molecular weight excluding hydrogens is 336 g/mol. The van der Waals surface area contributed by atoms with Crippen molar-refractivity contribution in [3.8, 4) is 5.69 Å². The summed E-state index contributed by atoms with van der Waals surface area (Å²) in [5, 5.41) is 7.57. The number of hydrogen-bond donors (Lipinski definition) is 1. The van der Waals surface area contributed by atoms with E-state index in [1.807, 2.05) is 36.5 Å². The average molecular weight is 367 g/mol. The first-order chi connectivity index (χ1) is 13.3. The molecule has 4 rings (SSSR count). The molecule has 1 aliphatic heterocycles. The second-order valence-corrected chi connectivity index (χ2v) is 7.98. The van der Waals surface area contributed by atoms with Gasteiger partial charge in [0.05, 0.1) is 5.69 Å². The monoisotopic (exact) mass is 366 g/mol. The van der Waals surface area contributed by atoms with Crippen molar-refractivity contribution in [2.75, 3.05) is 19.6 Å². The van der Waals surface area contributed by atoms with Crippen LogP contribution in [0.15, 0.2) is 42.7 Å². The van der Waals surface area contributed by atoms with Gasteiger partial charge in [-0.15, -0.1) is 0 Å². The average Bonchev–Trinajstić information content (AvgIpc) is 3.25. The molecule has 2 aliphatic rings. The van der Waals surface area contributed by atoms with E-state index in [4.69, 9.17) is 0 Å². The predicted octanol–water partition coefficient (Wildman–Crippen LogP) is 3.65. The molecule has 5 nitrogen and oxygen atoms in total. The number of rotatable bonds is 5. The maximum Gasteiger partial charge on any atom is 0.251 e. The Hall–Kier alpha value is -2.14. The van der Waals surface area contributed by atoms with Gasteiger partial charge in [-0.2, -0.15) is 5.10 Å². The van der Waals surface area contributed by atoms with Crippen molar-refractivity contribution in [1.82, 2.24) is 20.0 Å². The molecule has 1 aromatic carbocycles. The first-order valence-electron chi connectivity index (χ1n) is 10.4. The quantitative estimate of drug-likeness (QED) is 0.879. The minimum absolute atomic E-state index is 0.0533. The molecule has 1 N–H and O–H groups in total. The van der Waals surface area contributed by atoms with E-state index in [1.165, 1.54) is 51.6 Å². The summed E-state index contributed by atoms with van der Waals surface area (Å²) in [5.41, 5.74) is 1.70. The van der Waals surface area contributed by atoms with Crippen LogP contribution in [0.25, 0.3) is 5.69 Å². The molecule has 0 unspecified atom stereocenters. The van der Waals surface area contributed by atoms with Gasteiger partial charge in [-0.1, -0.05) is 19.3 Å². The lowest BCUT2D eigenvalue weighted by atomic mass is 9.83. The second-order valence-electron chi connectivity index (χ2n) is 7.98. The highest BCUT2D eigenvalue weighted by molar-refractivity contribution is 5.94. The van der Waals surface area contributed by atoms with E-state index in [0.717, 1.165) is 24.2 Å². The molecule has 2 fully saturated rings. The van der Waals surface area contributed by atoms with Crippen LogP contribution in [0, 0.1) is 5.92 Å². The first-order valence-corrected chi connectivity index (χ1v) is 10.4. The molecule has 1 amide bonds. The molecule has 1 saturated carbocycles. The van der Waals surface area contributed by atoms with E-state index in [-0.39, 0.29) is 5.91 Å². The van der Waals surface area contributed by atoms with Crippen LogP contribution in [-0.2, 0) is 0 Å². The number of hydrogen-bond acceptors (Lipinski definition) is 3. The van der Waals surface area contributed by atoms with Crippen LogP contribution in [0.2, 0.25) is 0 Å². The lowest BCUT2D eigenvalue weighted by molar-refractivity contribution is 0.0877. The molecule has 1 aromatic heterocycles. The van der Waals surface area contributed by atoms with E-state index in [1.54, 1.807) is 10.9 Å². The SMILES string of the molecule is O=C(N[C@@H]1CCCC[C@H]1CN1CCCCC1)c1ccc(-n2cccn2)cc1. The van der Waals surface area contributed by atoms with Crippen LogP contribution in [0.1, 0.15) is 55.3 Å². The number of carbonyl (C=O) groups is 1. The summed E-state index contributed by atoms with van der Waals surface area (Å²) in [6, 6.07) is 9.90. The third kappa shape index (κ3) is 4.59. The molecule has 144 valence electrons. The highest BCUT2D eigenvalue weighted by Crippen LogP contribution is 2.26. The molecule has 1 aliphatic carbocycles. The number of benzene rings is 1. The van der Waals surface area contributed by atoms with Crippen LogP contribution in [-0.4, -0.2) is 46.3 Å². The van der Waals surface area contributed by atoms with E-state index in [0.29, 0.717) is 12.0 Å². The van der Waals surface area contributed by atoms with Crippen molar-refractivity contribution in [2.45, 2.75) is 51.0 Å². The van der Waals surface area contributed by atoms with Gasteiger partial charge in [0.2, 0.25) is 0 Å². The molecule has 0 bridgehead atoms. The van der Waals surface area contributed by atoms with Crippen LogP contribution < -0.4 is 5.32 Å². The van der Waals surface area contributed by atoms with Crippen molar-refractivity contribution in [3.63, 3.8) is 0 Å². The van der Waals surface area contributed by atoms with E-state index in [2.05, 4.69) is 15.3 Å². The van der Waals surface area contributed by atoms with E-state index >= 15 is 0 Å². The highest BCUT2D eigenvalue weighted by Gasteiger charge is 2.28. The van der Waals surface area contributed by atoms with Gasteiger partial charge in [0, 0.05) is 30.5 Å². The lowest BCUT2D eigenvalue weighted by Crippen LogP contribution is -2.47. The van der Waals surface area contributed by atoms with Crippen molar-refractivity contribution < 1.29 is 4.79 Å². The van der Waals surface area contributed by atoms with Gasteiger partial charge in [-0.05, 0) is 75.0 Å². The standard InChI is InChI=1S/C22H30N4O/c27-22(18-9-11-20(12-10-18)26-16-6-13-23-26)24-21-8-3-2-7-19(21)17-25-14-4-1-5-15-25/h6,9-13,16,19,21H,1-5,7-8,14-15,17H2,(H,24,27)/t19-,21+/m0/s1. The van der Waals surface area contributed by atoms with Crippen molar-refractivity contribution >= 4 is 5.91 Å². The van der Waals surface area contributed by atoms with Gasteiger partial charge >= 0.3 is 0 Å². The summed E-state index contributed by atoms with van der Waals surface area (Å²) < 4.78 is 1.80. The summed E-state index contributed by atoms with van der Waals surface area (Å²) in [6.07, 6.45) is 12.5. The van der Waals surface area contributed by atoms with Gasteiger partial charge in [-0.25, -0.2) is 4.68 Å². The molecule has 2 aromatic rings. The second kappa shape index (κ2) is 8.70. The third-order valence-electron chi connectivity index (χ3n) is 6.07.